The van der Waals surface area contributed by atoms with Gasteiger partial charge in [-0.3, -0.25) is 4.68 Å². The van der Waals surface area contributed by atoms with E-state index in [1.165, 1.54) is 22.9 Å². The van der Waals surface area contributed by atoms with Crippen molar-refractivity contribution in [2.45, 2.75) is 6.36 Å². The minimum atomic E-state index is -4.71. The van der Waals surface area contributed by atoms with Crippen LogP contribution < -0.4 is 10.5 Å². The molecule has 4 nitrogen and oxygen atoms in total. The van der Waals surface area contributed by atoms with Crippen LogP contribution in [0.3, 0.4) is 0 Å². The summed E-state index contributed by atoms with van der Waals surface area (Å²) in [7, 11) is 1.65. The van der Waals surface area contributed by atoms with Crippen LogP contribution in [0.25, 0.3) is 11.3 Å². The number of nitrogens with two attached hydrogens (primary N) is 1. The second-order valence-corrected chi connectivity index (χ2v) is 3.65. The number of hydrogen-bond acceptors (Lipinski definition) is 3. The van der Waals surface area contributed by atoms with Crippen LogP contribution in [0.1, 0.15) is 0 Å². The van der Waals surface area contributed by atoms with E-state index in [1.807, 2.05) is 0 Å². The maximum absolute atomic E-state index is 12.1. The Bertz CT molecular complexity index is 543. The molecule has 18 heavy (non-hydrogen) atoms. The van der Waals surface area contributed by atoms with E-state index in [0.717, 1.165) is 0 Å². The van der Waals surface area contributed by atoms with Gasteiger partial charge in [-0.15, -0.1) is 13.2 Å². The molecule has 0 saturated carbocycles. The van der Waals surface area contributed by atoms with E-state index in [1.54, 1.807) is 19.2 Å². The summed E-state index contributed by atoms with van der Waals surface area (Å²) in [6.45, 7) is 0. The van der Waals surface area contributed by atoms with Gasteiger partial charge in [0.1, 0.15) is 11.6 Å². The SMILES string of the molecule is Cn1nc(-c2cccc(OC(F)(F)F)c2)cc1N. The number of anilines is 1. The van der Waals surface area contributed by atoms with E-state index in [4.69, 9.17) is 5.73 Å². The Kier molecular flexibility index (Phi) is 2.90. The van der Waals surface area contributed by atoms with Crippen LogP contribution >= 0.6 is 0 Å². The summed E-state index contributed by atoms with van der Waals surface area (Å²) in [6, 6.07) is 7.15. The smallest absolute Gasteiger partial charge is 0.406 e. The number of hydrogen-bond donors (Lipinski definition) is 1. The summed E-state index contributed by atoms with van der Waals surface area (Å²) in [5.41, 5.74) is 6.60. The average molecular weight is 257 g/mol. The first-order chi connectivity index (χ1) is 8.35. The van der Waals surface area contributed by atoms with E-state index in [2.05, 4.69) is 9.84 Å². The van der Waals surface area contributed by atoms with Crippen molar-refractivity contribution in [3.8, 4) is 17.0 Å². The summed E-state index contributed by atoms with van der Waals surface area (Å²) in [4.78, 5) is 0. The van der Waals surface area contributed by atoms with Gasteiger partial charge >= 0.3 is 6.36 Å². The maximum atomic E-state index is 12.1. The molecule has 0 aliphatic rings. The Morgan fingerprint density at radius 3 is 2.56 bits per heavy atom. The van der Waals surface area contributed by atoms with E-state index < -0.39 is 6.36 Å². The fourth-order valence-electron chi connectivity index (χ4n) is 1.48. The molecule has 1 heterocycles. The van der Waals surface area contributed by atoms with E-state index >= 15 is 0 Å². The highest BCUT2D eigenvalue weighted by atomic mass is 19.4. The summed E-state index contributed by atoms with van der Waals surface area (Å²) in [5, 5.41) is 4.07. The number of halogens is 3. The number of rotatable bonds is 2. The van der Waals surface area contributed by atoms with Gasteiger partial charge in [-0.25, -0.2) is 0 Å². The molecule has 0 amide bonds. The molecule has 1 aromatic carbocycles. The molecule has 0 atom stereocenters. The lowest BCUT2D eigenvalue weighted by atomic mass is 10.1. The van der Waals surface area contributed by atoms with Gasteiger partial charge in [0.25, 0.3) is 0 Å². The molecule has 1 aromatic heterocycles. The molecular weight excluding hydrogens is 247 g/mol. The van der Waals surface area contributed by atoms with Crippen molar-refractivity contribution in [3.05, 3.63) is 30.3 Å². The van der Waals surface area contributed by atoms with Gasteiger partial charge in [0.2, 0.25) is 0 Å². The lowest BCUT2D eigenvalue weighted by molar-refractivity contribution is -0.274. The number of aromatic nitrogens is 2. The van der Waals surface area contributed by atoms with E-state index in [-0.39, 0.29) is 5.75 Å². The third-order valence-electron chi connectivity index (χ3n) is 2.28. The van der Waals surface area contributed by atoms with Crippen LogP contribution in [0.5, 0.6) is 5.75 Å². The molecule has 2 N–H and O–H groups in total. The predicted octanol–water partition coefficient (Wildman–Crippen LogP) is 2.57. The minimum absolute atomic E-state index is 0.288. The number of ether oxygens (including phenoxy) is 1. The van der Waals surface area contributed by atoms with Gasteiger partial charge in [0.15, 0.2) is 0 Å². The summed E-state index contributed by atoms with van der Waals surface area (Å²) in [6.07, 6.45) is -4.71. The van der Waals surface area contributed by atoms with Crippen LogP contribution in [0.15, 0.2) is 30.3 Å². The van der Waals surface area contributed by atoms with Crippen LogP contribution in [-0.4, -0.2) is 16.1 Å². The van der Waals surface area contributed by atoms with Crippen molar-refractivity contribution in [1.82, 2.24) is 9.78 Å². The molecular formula is C11H10F3N3O. The standard InChI is InChI=1S/C11H10F3N3O/c1-17-10(15)6-9(16-17)7-3-2-4-8(5-7)18-11(12,13)14/h2-6H,15H2,1H3. The first-order valence-corrected chi connectivity index (χ1v) is 5.01. The number of alkyl halides is 3. The molecule has 0 bridgehead atoms. The lowest BCUT2D eigenvalue weighted by Gasteiger charge is -2.09. The van der Waals surface area contributed by atoms with Crippen molar-refractivity contribution in [1.29, 1.82) is 0 Å². The molecule has 96 valence electrons. The molecule has 0 aliphatic heterocycles. The number of nitrogens with zero attached hydrogens (tertiary/aromatic N) is 2. The third kappa shape index (κ3) is 2.73. The van der Waals surface area contributed by atoms with Gasteiger partial charge in [-0.05, 0) is 12.1 Å². The minimum Gasteiger partial charge on any atom is -0.406 e. The quantitative estimate of drug-likeness (QED) is 0.899. The summed E-state index contributed by atoms with van der Waals surface area (Å²) in [5.74, 6) is 0.136. The second-order valence-electron chi connectivity index (χ2n) is 3.65. The number of nitrogen functional groups attached to an aromatic ring is 1. The molecule has 0 aliphatic carbocycles. The Hall–Kier alpha value is -2.18. The van der Waals surface area contributed by atoms with Crippen molar-refractivity contribution in [2.24, 2.45) is 7.05 Å². The first-order valence-electron chi connectivity index (χ1n) is 5.01. The highest BCUT2D eigenvalue weighted by Crippen LogP contribution is 2.27. The summed E-state index contributed by atoms with van der Waals surface area (Å²) >= 11 is 0. The van der Waals surface area contributed by atoms with Crippen molar-refractivity contribution >= 4 is 5.82 Å². The molecule has 2 rings (SSSR count). The Morgan fingerprint density at radius 2 is 2.00 bits per heavy atom. The number of aryl methyl sites for hydroxylation is 1. The Balaban J connectivity index is 2.32. The highest BCUT2D eigenvalue weighted by molar-refractivity contribution is 5.63. The maximum Gasteiger partial charge on any atom is 0.573 e. The third-order valence-corrected chi connectivity index (χ3v) is 2.28. The van der Waals surface area contributed by atoms with E-state index in [9.17, 15) is 13.2 Å². The Labute approximate surface area is 101 Å². The normalized spacial score (nSPS) is 11.6. The van der Waals surface area contributed by atoms with Gasteiger partial charge in [-0.2, -0.15) is 5.10 Å². The largest absolute Gasteiger partial charge is 0.573 e. The molecule has 0 saturated heterocycles. The first kappa shape index (κ1) is 12.3. The summed E-state index contributed by atoms with van der Waals surface area (Å²) < 4.78 is 41.5. The monoisotopic (exact) mass is 257 g/mol. The van der Waals surface area contributed by atoms with Crippen LogP contribution in [0.2, 0.25) is 0 Å². The van der Waals surface area contributed by atoms with Gasteiger partial charge < -0.3 is 10.5 Å². The van der Waals surface area contributed by atoms with Crippen molar-refractivity contribution in [3.63, 3.8) is 0 Å². The lowest BCUT2D eigenvalue weighted by Crippen LogP contribution is -2.17. The van der Waals surface area contributed by atoms with Gasteiger partial charge in [0, 0.05) is 18.7 Å². The van der Waals surface area contributed by atoms with Crippen LogP contribution in [-0.2, 0) is 7.05 Å². The zero-order valence-corrected chi connectivity index (χ0v) is 9.40. The fraction of sp³-hybridized carbons (Fsp3) is 0.182. The van der Waals surface area contributed by atoms with E-state index in [0.29, 0.717) is 17.1 Å². The van der Waals surface area contributed by atoms with Gasteiger partial charge in [-0.1, -0.05) is 12.1 Å². The molecule has 0 fully saturated rings. The fourth-order valence-corrected chi connectivity index (χ4v) is 1.48. The van der Waals surface area contributed by atoms with Crippen LogP contribution in [0.4, 0.5) is 19.0 Å². The second kappa shape index (κ2) is 4.25. The van der Waals surface area contributed by atoms with Gasteiger partial charge in [0.05, 0.1) is 5.69 Å². The zero-order chi connectivity index (χ0) is 13.3. The van der Waals surface area contributed by atoms with Crippen molar-refractivity contribution in [2.75, 3.05) is 5.73 Å². The average Bonchev–Trinajstić information content (AvgIpc) is 2.57. The molecule has 2 aromatic rings. The molecule has 7 heteroatoms. The molecule has 0 spiro atoms. The number of benzene rings is 1. The Morgan fingerprint density at radius 1 is 1.28 bits per heavy atom. The predicted molar refractivity (Wildman–Crippen MR) is 59.7 cm³/mol. The van der Waals surface area contributed by atoms with Crippen molar-refractivity contribution < 1.29 is 17.9 Å². The topological polar surface area (TPSA) is 53.1 Å². The molecule has 0 unspecified atom stereocenters. The highest BCUT2D eigenvalue weighted by Gasteiger charge is 2.31. The van der Waals surface area contributed by atoms with Crippen LogP contribution in [0, 0.1) is 0 Å². The zero-order valence-electron chi connectivity index (χ0n) is 9.40. The molecule has 0 radical (unpaired) electrons.